The molecule has 0 aliphatic carbocycles. The van der Waals surface area contributed by atoms with Crippen molar-refractivity contribution in [2.24, 2.45) is 0 Å². The van der Waals surface area contributed by atoms with Gasteiger partial charge in [-0.25, -0.2) is 0 Å². The van der Waals surface area contributed by atoms with Crippen molar-refractivity contribution in [3.8, 4) is 11.5 Å². The maximum absolute atomic E-state index is 11.7. The molecule has 24 heavy (non-hydrogen) atoms. The Hall–Kier alpha value is -3.08. The van der Waals surface area contributed by atoms with Crippen LogP contribution in [0, 0.1) is 0 Å². The first-order valence-corrected chi connectivity index (χ1v) is 7.58. The lowest BCUT2D eigenvalue weighted by Crippen LogP contribution is -2.27. The van der Waals surface area contributed by atoms with Gasteiger partial charge in [-0.3, -0.25) is 9.78 Å². The first kappa shape index (κ1) is 15.8. The number of methoxy groups -OCH3 is 1. The Morgan fingerprint density at radius 2 is 1.92 bits per heavy atom. The monoisotopic (exact) mass is 322 g/mol. The number of ether oxygens (including phenoxy) is 1. The predicted octanol–water partition coefficient (Wildman–Crippen LogP) is 3.17. The van der Waals surface area contributed by atoms with Gasteiger partial charge in [0.1, 0.15) is 17.0 Å². The third-order valence-corrected chi connectivity index (χ3v) is 3.89. The maximum Gasteiger partial charge on any atom is 0.217 e. The second kappa shape index (κ2) is 6.58. The van der Waals surface area contributed by atoms with E-state index in [1.54, 1.807) is 13.3 Å². The lowest BCUT2D eigenvalue weighted by Gasteiger charge is -2.21. The van der Waals surface area contributed by atoms with Crippen LogP contribution < -0.4 is 10.1 Å². The molecule has 5 nitrogen and oxygen atoms in total. The quantitative estimate of drug-likeness (QED) is 0.774. The fourth-order valence-electron chi connectivity index (χ4n) is 2.72. The average Bonchev–Trinajstić information content (AvgIpc) is 2.61. The van der Waals surface area contributed by atoms with Crippen LogP contribution >= 0.6 is 0 Å². The summed E-state index contributed by atoms with van der Waals surface area (Å²) in [7, 11) is 1.60. The average molecular weight is 322 g/mol. The number of phenolic OH excluding ortho intramolecular Hbond substituents is 1. The topological polar surface area (TPSA) is 71.5 Å². The summed E-state index contributed by atoms with van der Waals surface area (Å²) in [5.41, 5.74) is 1.96. The number of nitrogens with one attached hydrogen (secondary N) is 1. The molecule has 2 N–H and O–H groups in total. The lowest BCUT2D eigenvalue weighted by atomic mass is 9.96. The highest BCUT2D eigenvalue weighted by molar-refractivity contribution is 5.86. The molecule has 0 fully saturated rings. The molecule has 0 bridgehead atoms. The lowest BCUT2D eigenvalue weighted by molar-refractivity contribution is -0.119. The van der Waals surface area contributed by atoms with E-state index in [1.807, 2.05) is 48.5 Å². The first-order valence-electron chi connectivity index (χ1n) is 7.58. The van der Waals surface area contributed by atoms with E-state index < -0.39 is 6.04 Å². The van der Waals surface area contributed by atoms with Crippen molar-refractivity contribution < 1.29 is 14.6 Å². The van der Waals surface area contributed by atoms with Gasteiger partial charge in [0.2, 0.25) is 5.91 Å². The summed E-state index contributed by atoms with van der Waals surface area (Å²) >= 11 is 0. The molecule has 2 aromatic carbocycles. The van der Waals surface area contributed by atoms with Crippen LogP contribution in [0.3, 0.4) is 0 Å². The molecule has 0 saturated carbocycles. The molecule has 0 radical (unpaired) electrons. The number of hydrogen-bond acceptors (Lipinski definition) is 4. The number of hydrogen-bond donors (Lipinski definition) is 2. The third-order valence-electron chi connectivity index (χ3n) is 3.89. The molecule has 5 heteroatoms. The predicted molar refractivity (Wildman–Crippen MR) is 92.1 cm³/mol. The van der Waals surface area contributed by atoms with Gasteiger partial charge < -0.3 is 15.2 Å². The van der Waals surface area contributed by atoms with E-state index in [2.05, 4.69) is 10.3 Å². The number of amides is 1. The number of rotatable bonds is 4. The number of nitrogens with zero attached hydrogens (tertiary/aromatic N) is 1. The van der Waals surface area contributed by atoms with Gasteiger partial charge in [0.25, 0.3) is 0 Å². The smallest absolute Gasteiger partial charge is 0.217 e. The molecule has 0 aliphatic rings. The van der Waals surface area contributed by atoms with Gasteiger partial charge in [-0.2, -0.15) is 0 Å². The van der Waals surface area contributed by atoms with Gasteiger partial charge in [-0.05, 0) is 23.8 Å². The number of carbonyl (C=O) groups excluding carboxylic acids is 1. The van der Waals surface area contributed by atoms with Crippen LogP contribution in [0.1, 0.15) is 24.1 Å². The molecule has 1 aromatic heterocycles. The summed E-state index contributed by atoms with van der Waals surface area (Å²) in [4.78, 5) is 15.9. The number of aromatic hydroxyl groups is 1. The minimum atomic E-state index is -0.472. The van der Waals surface area contributed by atoms with Crippen LogP contribution in [0.4, 0.5) is 0 Å². The minimum Gasteiger partial charge on any atom is -0.505 e. The highest BCUT2D eigenvalue weighted by Crippen LogP contribution is 2.34. The van der Waals surface area contributed by atoms with Crippen molar-refractivity contribution in [2.45, 2.75) is 13.0 Å². The minimum absolute atomic E-state index is 0.0719. The van der Waals surface area contributed by atoms with Gasteiger partial charge in [0, 0.05) is 24.1 Å². The van der Waals surface area contributed by atoms with E-state index in [0.717, 1.165) is 16.7 Å². The van der Waals surface area contributed by atoms with Gasteiger partial charge in [-0.15, -0.1) is 0 Å². The van der Waals surface area contributed by atoms with Crippen LogP contribution in [-0.4, -0.2) is 23.1 Å². The highest BCUT2D eigenvalue weighted by atomic mass is 16.5. The van der Waals surface area contributed by atoms with E-state index in [0.29, 0.717) is 11.1 Å². The number of fused-ring (bicyclic) bond motifs is 1. The van der Waals surface area contributed by atoms with Crippen LogP contribution in [0.25, 0.3) is 10.9 Å². The van der Waals surface area contributed by atoms with Crippen LogP contribution in [0.15, 0.2) is 54.7 Å². The number of aromatic nitrogens is 1. The summed E-state index contributed by atoms with van der Waals surface area (Å²) in [6.07, 6.45) is 1.63. The van der Waals surface area contributed by atoms with Crippen LogP contribution in [0.5, 0.6) is 11.5 Å². The molecule has 1 amide bonds. The van der Waals surface area contributed by atoms with Crippen molar-refractivity contribution in [1.29, 1.82) is 0 Å². The molecule has 0 saturated heterocycles. The summed E-state index contributed by atoms with van der Waals surface area (Å²) in [5.74, 6) is 0.615. The molecule has 0 spiro atoms. The van der Waals surface area contributed by atoms with Crippen molar-refractivity contribution in [3.05, 3.63) is 65.9 Å². The second-order valence-corrected chi connectivity index (χ2v) is 5.49. The van der Waals surface area contributed by atoms with Gasteiger partial charge in [-0.1, -0.05) is 30.3 Å². The van der Waals surface area contributed by atoms with Crippen molar-refractivity contribution >= 4 is 16.8 Å². The zero-order valence-electron chi connectivity index (χ0n) is 13.5. The van der Waals surface area contributed by atoms with Crippen LogP contribution in [0.2, 0.25) is 0 Å². The number of pyridine rings is 1. The molecule has 0 unspecified atom stereocenters. The van der Waals surface area contributed by atoms with Gasteiger partial charge in [0.15, 0.2) is 0 Å². The highest BCUT2D eigenvalue weighted by Gasteiger charge is 2.20. The Kier molecular flexibility index (Phi) is 4.33. The number of benzene rings is 2. The van der Waals surface area contributed by atoms with E-state index >= 15 is 0 Å². The van der Waals surface area contributed by atoms with E-state index in [-0.39, 0.29) is 11.7 Å². The zero-order valence-corrected chi connectivity index (χ0v) is 13.5. The SMILES string of the molecule is COc1ccc([C@H](NC(C)=O)c2ccc3cccnc3c2O)cc1. The van der Waals surface area contributed by atoms with E-state index in [1.165, 1.54) is 6.92 Å². The molecule has 3 aromatic rings. The number of phenols is 1. The molecule has 1 atom stereocenters. The Labute approximate surface area is 139 Å². The Balaban J connectivity index is 2.11. The fourth-order valence-corrected chi connectivity index (χ4v) is 2.72. The van der Waals surface area contributed by atoms with Gasteiger partial charge in [0.05, 0.1) is 13.2 Å². The van der Waals surface area contributed by atoms with Crippen molar-refractivity contribution in [1.82, 2.24) is 10.3 Å². The molecular weight excluding hydrogens is 304 g/mol. The summed E-state index contributed by atoms with van der Waals surface area (Å²) in [6.45, 7) is 1.45. The summed E-state index contributed by atoms with van der Waals surface area (Å²) in [5, 5.41) is 14.4. The second-order valence-electron chi connectivity index (χ2n) is 5.49. The summed E-state index contributed by atoms with van der Waals surface area (Å²) < 4.78 is 5.17. The van der Waals surface area contributed by atoms with E-state index in [4.69, 9.17) is 4.74 Å². The normalized spacial score (nSPS) is 11.9. The van der Waals surface area contributed by atoms with Gasteiger partial charge >= 0.3 is 0 Å². The first-order chi connectivity index (χ1) is 11.6. The van der Waals surface area contributed by atoms with Crippen molar-refractivity contribution in [3.63, 3.8) is 0 Å². The third kappa shape index (κ3) is 3.01. The van der Waals surface area contributed by atoms with Crippen molar-refractivity contribution in [2.75, 3.05) is 7.11 Å². The Morgan fingerprint density at radius 1 is 1.17 bits per heavy atom. The molecule has 0 aliphatic heterocycles. The number of carbonyl (C=O) groups is 1. The molecule has 122 valence electrons. The Bertz CT molecular complexity index is 875. The standard InChI is InChI=1S/C19H18N2O3/c1-12(22)21-17(14-5-8-15(24-2)9-6-14)16-10-7-13-4-3-11-20-18(13)19(16)23/h3-11,17,23H,1-2H3,(H,21,22)/t17-/m0/s1. The largest absolute Gasteiger partial charge is 0.505 e. The van der Waals surface area contributed by atoms with E-state index in [9.17, 15) is 9.90 Å². The Morgan fingerprint density at radius 3 is 2.58 bits per heavy atom. The zero-order chi connectivity index (χ0) is 17.1. The molecule has 1 heterocycles. The molecular formula is C19H18N2O3. The van der Waals surface area contributed by atoms with Crippen LogP contribution in [-0.2, 0) is 4.79 Å². The maximum atomic E-state index is 11.7. The fraction of sp³-hybridized carbons (Fsp3) is 0.158. The summed E-state index contributed by atoms with van der Waals surface area (Å²) in [6, 6.07) is 14.3. The molecule has 3 rings (SSSR count).